The Morgan fingerprint density at radius 2 is 1.93 bits per heavy atom. The van der Waals surface area contributed by atoms with Crippen LogP contribution in [0.3, 0.4) is 0 Å². The minimum Gasteiger partial charge on any atom is -0.312 e. The van der Waals surface area contributed by atoms with E-state index in [-0.39, 0.29) is 0 Å². The number of ketones is 1. The molecular formula is C9H17O4P. The van der Waals surface area contributed by atoms with Crippen LogP contribution in [0.2, 0.25) is 0 Å². The molecule has 14 heavy (non-hydrogen) atoms. The second-order valence-corrected chi connectivity index (χ2v) is 5.96. The Kier molecular flexibility index (Phi) is 4.30. The molecule has 0 aromatic heterocycles. The number of carbonyl (C=O) groups excluding carboxylic acids is 1. The Bertz CT molecular complexity index is 243. The first-order chi connectivity index (χ1) is 6.61. The van der Waals surface area contributed by atoms with Crippen molar-refractivity contribution in [3.63, 3.8) is 0 Å². The Morgan fingerprint density at radius 3 is 2.36 bits per heavy atom. The minimum atomic E-state index is -2.82. The molecule has 0 aromatic rings. The van der Waals surface area contributed by atoms with Gasteiger partial charge in [-0.1, -0.05) is 6.42 Å². The minimum absolute atomic E-state index is 0.291. The van der Waals surface area contributed by atoms with Gasteiger partial charge in [0.2, 0.25) is 0 Å². The molecule has 4 nitrogen and oxygen atoms in total. The number of hydrogen-bond acceptors (Lipinski definition) is 4. The van der Waals surface area contributed by atoms with E-state index in [4.69, 9.17) is 9.05 Å². The highest BCUT2D eigenvalue weighted by molar-refractivity contribution is 7.53. The highest BCUT2D eigenvalue weighted by Crippen LogP contribution is 2.47. The SMILES string of the molecule is COP(=O)(CCCCC1CC1=O)OC. The maximum absolute atomic E-state index is 11.6. The van der Waals surface area contributed by atoms with E-state index in [0.717, 1.165) is 25.7 Å². The molecule has 5 heteroatoms. The van der Waals surface area contributed by atoms with E-state index in [1.165, 1.54) is 14.2 Å². The first-order valence-corrected chi connectivity index (χ1v) is 6.57. The zero-order valence-electron chi connectivity index (χ0n) is 8.69. The summed E-state index contributed by atoms with van der Waals surface area (Å²) in [6, 6.07) is 0. The molecule has 0 saturated heterocycles. The van der Waals surface area contributed by atoms with Gasteiger partial charge in [-0.15, -0.1) is 0 Å². The topological polar surface area (TPSA) is 52.6 Å². The highest BCUT2D eigenvalue weighted by atomic mass is 31.2. The fourth-order valence-electron chi connectivity index (χ4n) is 1.40. The molecule has 0 amide bonds. The summed E-state index contributed by atoms with van der Waals surface area (Å²) in [5.41, 5.74) is 0. The second kappa shape index (κ2) is 5.06. The maximum atomic E-state index is 11.6. The van der Waals surface area contributed by atoms with Crippen LogP contribution in [0.5, 0.6) is 0 Å². The molecule has 0 aromatic carbocycles. The highest BCUT2D eigenvalue weighted by Gasteiger charge is 2.33. The third-order valence-electron chi connectivity index (χ3n) is 2.53. The molecule has 82 valence electrons. The van der Waals surface area contributed by atoms with Crippen LogP contribution in [0.25, 0.3) is 0 Å². The van der Waals surface area contributed by atoms with Crippen molar-refractivity contribution in [1.82, 2.24) is 0 Å². The molecule has 1 saturated carbocycles. The summed E-state index contributed by atoms with van der Waals surface area (Å²) in [5.74, 6) is 0.658. The van der Waals surface area contributed by atoms with Gasteiger partial charge < -0.3 is 9.05 Å². The van der Waals surface area contributed by atoms with Gasteiger partial charge >= 0.3 is 7.60 Å². The van der Waals surface area contributed by atoms with Crippen LogP contribution in [-0.2, 0) is 18.4 Å². The molecule has 0 heterocycles. The standard InChI is InChI=1S/C9H17O4P/c1-12-14(11,13-2)6-4-3-5-8-7-9(8)10/h8H,3-7H2,1-2H3. The molecule has 1 atom stereocenters. The van der Waals surface area contributed by atoms with E-state index < -0.39 is 7.60 Å². The molecule has 0 N–H and O–H groups in total. The van der Waals surface area contributed by atoms with Crippen molar-refractivity contribution < 1.29 is 18.4 Å². The van der Waals surface area contributed by atoms with Gasteiger partial charge in [-0.2, -0.15) is 0 Å². The van der Waals surface area contributed by atoms with E-state index in [2.05, 4.69) is 0 Å². The summed E-state index contributed by atoms with van der Waals surface area (Å²) in [6.07, 6.45) is 3.83. The third-order valence-corrected chi connectivity index (χ3v) is 4.51. The summed E-state index contributed by atoms with van der Waals surface area (Å²) in [5, 5.41) is 0. The predicted molar refractivity (Wildman–Crippen MR) is 53.5 cm³/mol. The lowest BCUT2D eigenvalue weighted by molar-refractivity contribution is -0.111. The predicted octanol–water partition coefficient (Wildman–Crippen LogP) is 2.23. The molecular weight excluding hydrogens is 203 g/mol. The summed E-state index contributed by atoms with van der Waals surface area (Å²) < 4.78 is 21.2. The van der Waals surface area contributed by atoms with Gasteiger partial charge in [0.1, 0.15) is 5.78 Å². The van der Waals surface area contributed by atoms with E-state index in [1.54, 1.807) is 0 Å². The van der Waals surface area contributed by atoms with Gasteiger partial charge in [0.05, 0.1) is 6.16 Å². The zero-order valence-corrected chi connectivity index (χ0v) is 9.59. The smallest absolute Gasteiger partial charge is 0.312 e. The average molecular weight is 220 g/mol. The zero-order chi connectivity index (χ0) is 10.6. The van der Waals surface area contributed by atoms with Gasteiger partial charge in [0.25, 0.3) is 0 Å². The summed E-state index contributed by atoms with van der Waals surface area (Å²) in [4.78, 5) is 10.7. The maximum Gasteiger partial charge on any atom is 0.330 e. The number of rotatable bonds is 7. The quantitative estimate of drug-likeness (QED) is 0.487. The lowest BCUT2D eigenvalue weighted by Gasteiger charge is -2.12. The Balaban J connectivity index is 2.07. The van der Waals surface area contributed by atoms with E-state index >= 15 is 0 Å². The molecule has 1 unspecified atom stereocenters. The van der Waals surface area contributed by atoms with Gasteiger partial charge in [0.15, 0.2) is 0 Å². The van der Waals surface area contributed by atoms with E-state index in [0.29, 0.717) is 17.9 Å². The Hall–Kier alpha value is -0.180. The summed E-state index contributed by atoms with van der Waals surface area (Å²) in [7, 11) is -0.0258. The van der Waals surface area contributed by atoms with Crippen molar-refractivity contribution in [2.24, 2.45) is 5.92 Å². The van der Waals surface area contributed by atoms with Gasteiger partial charge in [-0.3, -0.25) is 9.36 Å². The van der Waals surface area contributed by atoms with Gasteiger partial charge in [-0.05, 0) is 12.8 Å². The molecule has 0 spiro atoms. The molecule has 0 radical (unpaired) electrons. The first-order valence-electron chi connectivity index (χ1n) is 4.84. The second-order valence-electron chi connectivity index (χ2n) is 3.56. The van der Waals surface area contributed by atoms with E-state index in [9.17, 15) is 9.36 Å². The monoisotopic (exact) mass is 220 g/mol. The van der Waals surface area contributed by atoms with Crippen LogP contribution in [0.4, 0.5) is 0 Å². The summed E-state index contributed by atoms with van der Waals surface area (Å²) >= 11 is 0. The number of Topliss-reactive ketones (excluding diaryl/α,β-unsaturated/α-hetero) is 1. The van der Waals surface area contributed by atoms with E-state index in [1.807, 2.05) is 0 Å². The third kappa shape index (κ3) is 3.52. The van der Waals surface area contributed by atoms with Crippen LogP contribution in [-0.4, -0.2) is 26.2 Å². The molecule has 1 fully saturated rings. The Morgan fingerprint density at radius 1 is 1.36 bits per heavy atom. The molecule has 0 bridgehead atoms. The summed E-state index contributed by atoms with van der Waals surface area (Å²) in [6.45, 7) is 0. The molecule has 0 aliphatic heterocycles. The lowest BCUT2D eigenvalue weighted by Crippen LogP contribution is -1.95. The number of carbonyl (C=O) groups is 1. The van der Waals surface area contributed by atoms with Crippen LogP contribution in [0, 0.1) is 5.92 Å². The fourth-order valence-corrected chi connectivity index (χ4v) is 2.53. The van der Waals surface area contributed by atoms with Gasteiger partial charge in [0, 0.05) is 26.6 Å². The fraction of sp³-hybridized carbons (Fsp3) is 0.889. The molecule has 1 aliphatic carbocycles. The van der Waals surface area contributed by atoms with Crippen LogP contribution in [0.1, 0.15) is 25.7 Å². The normalized spacial score (nSPS) is 21.3. The first kappa shape index (κ1) is 11.9. The van der Waals surface area contributed by atoms with Crippen LogP contribution < -0.4 is 0 Å². The van der Waals surface area contributed by atoms with Crippen molar-refractivity contribution in [1.29, 1.82) is 0 Å². The van der Waals surface area contributed by atoms with Crippen LogP contribution in [0.15, 0.2) is 0 Å². The van der Waals surface area contributed by atoms with Crippen LogP contribution >= 0.6 is 7.60 Å². The van der Waals surface area contributed by atoms with Crippen molar-refractivity contribution in [3.05, 3.63) is 0 Å². The molecule has 1 rings (SSSR count). The number of unbranched alkanes of at least 4 members (excludes halogenated alkanes) is 1. The Labute approximate surface area is 84.5 Å². The van der Waals surface area contributed by atoms with Crippen molar-refractivity contribution in [2.75, 3.05) is 20.4 Å². The van der Waals surface area contributed by atoms with Gasteiger partial charge in [-0.25, -0.2) is 0 Å². The average Bonchev–Trinajstić information content (AvgIpc) is 2.89. The van der Waals surface area contributed by atoms with Crippen molar-refractivity contribution in [3.8, 4) is 0 Å². The molecule has 1 aliphatic rings. The lowest BCUT2D eigenvalue weighted by atomic mass is 10.2. The van der Waals surface area contributed by atoms with Crippen molar-refractivity contribution >= 4 is 13.4 Å². The largest absolute Gasteiger partial charge is 0.330 e. The number of hydrogen-bond donors (Lipinski definition) is 0. The van der Waals surface area contributed by atoms with Crippen molar-refractivity contribution in [2.45, 2.75) is 25.7 Å².